The van der Waals surface area contributed by atoms with Crippen LogP contribution >= 0.6 is 0 Å². The van der Waals surface area contributed by atoms with Crippen molar-refractivity contribution < 1.29 is 9.59 Å². The molecule has 0 N–H and O–H groups in total. The molecule has 2 rings (SSSR count). The van der Waals surface area contributed by atoms with Gasteiger partial charge in [0.05, 0.1) is 0 Å². The first-order valence-corrected chi connectivity index (χ1v) is 5.83. The summed E-state index contributed by atoms with van der Waals surface area (Å²) < 4.78 is 0. The summed E-state index contributed by atoms with van der Waals surface area (Å²) in [5, 5.41) is 0. The third-order valence-corrected chi connectivity index (χ3v) is 2.97. The lowest BCUT2D eigenvalue weighted by molar-refractivity contribution is -0.120. The Hall–Kier alpha value is -1.32. The Bertz CT molecular complexity index is 250. The highest BCUT2D eigenvalue weighted by Crippen LogP contribution is 2.13. The molecule has 2 heterocycles. The van der Waals surface area contributed by atoms with E-state index in [0.717, 1.165) is 25.9 Å². The molecule has 2 aliphatic heterocycles. The second kappa shape index (κ2) is 6.30. The molecule has 0 aromatic rings. The maximum Gasteiger partial charge on any atom is 0.320 e. The molecule has 0 radical (unpaired) electrons. The van der Waals surface area contributed by atoms with Crippen LogP contribution < -0.4 is 0 Å². The van der Waals surface area contributed by atoms with Gasteiger partial charge in [-0.3, -0.25) is 4.79 Å². The Morgan fingerprint density at radius 3 is 1.88 bits per heavy atom. The number of amides is 2. The minimum Gasteiger partial charge on any atom is -0.325 e. The number of nitrogens with zero attached hydrogens (tertiary/aromatic N) is 2. The fourth-order valence-corrected chi connectivity index (χ4v) is 2.06. The predicted molar refractivity (Wildman–Crippen MR) is 63.3 cm³/mol. The Morgan fingerprint density at radius 1 is 0.938 bits per heavy atom. The summed E-state index contributed by atoms with van der Waals surface area (Å²) in [4.78, 5) is 26.6. The van der Waals surface area contributed by atoms with Crippen molar-refractivity contribution in [1.29, 1.82) is 0 Å². The molecular formula is C12H20N2O2. The van der Waals surface area contributed by atoms with Gasteiger partial charge >= 0.3 is 6.03 Å². The zero-order valence-electron chi connectivity index (χ0n) is 9.78. The summed E-state index contributed by atoms with van der Waals surface area (Å²) in [6, 6.07) is 0.134. The molecule has 0 unspecified atom stereocenters. The van der Waals surface area contributed by atoms with Crippen LogP contribution in [0.25, 0.3) is 0 Å². The van der Waals surface area contributed by atoms with E-state index < -0.39 is 0 Å². The second-order valence-electron chi connectivity index (χ2n) is 4.00. The van der Waals surface area contributed by atoms with Gasteiger partial charge in [-0.1, -0.05) is 0 Å². The largest absolute Gasteiger partial charge is 0.325 e. The third kappa shape index (κ3) is 3.08. The molecule has 0 saturated carbocycles. The van der Waals surface area contributed by atoms with Gasteiger partial charge in [-0.25, -0.2) is 4.79 Å². The number of carbonyl (C=O) groups excluding carboxylic acids is 2. The first-order chi connectivity index (χ1) is 7.77. The monoisotopic (exact) mass is 224 g/mol. The minimum atomic E-state index is 0.134. The molecule has 2 amide bonds. The topological polar surface area (TPSA) is 40.6 Å². The maximum absolute atomic E-state index is 11.8. The molecule has 0 spiro atoms. The average molecular weight is 224 g/mol. The van der Waals surface area contributed by atoms with E-state index in [9.17, 15) is 9.59 Å². The predicted octanol–water partition coefficient (Wildman–Crippen LogP) is 1.67. The van der Waals surface area contributed by atoms with E-state index in [-0.39, 0.29) is 11.8 Å². The molecule has 16 heavy (non-hydrogen) atoms. The molecule has 0 bridgehead atoms. The van der Waals surface area contributed by atoms with Crippen molar-refractivity contribution in [3.8, 4) is 0 Å². The SMILES string of the molecule is C=C.O=C1CCN(C(=O)N2CCCC2)CC1. The normalized spacial score (nSPS) is 20.4. The molecule has 0 atom stereocenters. The van der Waals surface area contributed by atoms with Crippen molar-refractivity contribution in [3.05, 3.63) is 13.2 Å². The zero-order chi connectivity index (χ0) is 12.0. The molecule has 0 aromatic carbocycles. The summed E-state index contributed by atoms with van der Waals surface area (Å²) >= 11 is 0. The number of Topliss-reactive ketones (excluding diaryl/α,β-unsaturated/α-hetero) is 1. The molecular weight excluding hydrogens is 204 g/mol. The van der Waals surface area contributed by atoms with Crippen molar-refractivity contribution in [2.45, 2.75) is 25.7 Å². The summed E-state index contributed by atoms with van der Waals surface area (Å²) in [6.07, 6.45) is 3.33. The van der Waals surface area contributed by atoms with Gasteiger partial charge in [-0.2, -0.15) is 0 Å². The van der Waals surface area contributed by atoms with E-state index in [4.69, 9.17) is 0 Å². The van der Waals surface area contributed by atoms with E-state index in [1.54, 1.807) is 0 Å². The van der Waals surface area contributed by atoms with Crippen LogP contribution in [0.1, 0.15) is 25.7 Å². The fraction of sp³-hybridized carbons (Fsp3) is 0.667. The highest BCUT2D eigenvalue weighted by Gasteiger charge is 2.26. The number of hydrogen-bond acceptors (Lipinski definition) is 2. The van der Waals surface area contributed by atoms with Crippen LogP contribution in [-0.4, -0.2) is 47.8 Å². The summed E-state index contributed by atoms with van der Waals surface area (Å²) in [5.74, 6) is 0.287. The first-order valence-electron chi connectivity index (χ1n) is 5.83. The summed E-state index contributed by atoms with van der Waals surface area (Å²) in [6.45, 7) is 9.02. The number of likely N-dealkylation sites (tertiary alicyclic amines) is 2. The number of hydrogen-bond donors (Lipinski definition) is 0. The lowest BCUT2D eigenvalue weighted by Gasteiger charge is -2.30. The van der Waals surface area contributed by atoms with Crippen molar-refractivity contribution in [2.24, 2.45) is 0 Å². The first kappa shape index (κ1) is 12.7. The molecule has 0 aromatic heterocycles. The number of piperidine rings is 1. The van der Waals surface area contributed by atoms with Crippen molar-refractivity contribution >= 4 is 11.8 Å². The van der Waals surface area contributed by atoms with Crippen LogP contribution in [0.4, 0.5) is 4.79 Å². The third-order valence-electron chi connectivity index (χ3n) is 2.97. The van der Waals surface area contributed by atoms with E-state index >= 15 is 0 Å². The van der Waals surface area contributed by atoms with Gasteiger partial charge in [0.1, 0.15) is 5.78 Å². The van der Waals surface area contributed by atoms with E-state index in [0.29, 0.717) is 25.9 Å². The van der Waals surface area contributed by atoms with Crippen LogP contribution in [0.15, 0.2) is 13.2 Å². The van der Waals surface area contributed by atoms with Crippen LogP contribution in [0.5, 0.6) is 0 Å². The van der Waals surface area contributed by atoms with Crippen LogP contribution in [0, 0.1) is 0 Å². The molecule has 2 aliphatic rings. The van der Waals surface area contributed by atoms with Crippen molar-refractivity contribution in [3.63, 3.8) is 0 Å². The zero-order valence-corrected chi connectivity index (χ0v) is 9.78. The van der Waals surface area contributed by atoms with E-state index in [1.807, 2.05) is 9.80 Å². The lowest BCUT2D eigenvalue weighted by Crippen LogP contribution is -2.45. The summed E-state index contributed by atoms with van der Waals surface area (Å²) in [5.41, 5.74) is 0. The average Bonchev–Trinajstić information content (AvgIpc) is 2.85. The number of ketones is 1. The Morgan fingerprint density at radius 2 is 1.38 bits per heavy atom. The maximum atomic E-state index is 11.8. The molecule has 2 saturated heterocycles. The number of carbonyl (C=O) groups is 2. The fourth-order valence-electron chi connectivity index (χ4n) is 2.06. The van der Waals surface area contributed by atoms with Crippen LogP contribution in [-0.2, 0) is 4.79 Å². The van der Waals surface area contributed by atoms with Crippen LogP contribution in [0.3, 0.4) is 0 Å². The highest BCUT2D eigenvalue weighted by molar-refractivity contribution is 5.82. The second-order valence-corrected chi connectivity index (χ2v) is 4.00. The number of rotatable bonds is 0. The molecule has 0 aliphatic carbocycles. The minimum absolute atomic E-state index is 0.134. The molecule has 2 fully saturated rings. The Kier molecular flexibility index (Phi) is 5.02. The van der Waals surface area contributed by atoms with Gasteiger partial charge in [0.25, 0.3) is 0 Å². The summed E-state index contributed by atoms with van der Waals surface area (Å²) in [7, 11) is 0. The Labute approximate surface area is 96.9 Å². The van der Waals surface area contributed by atoms with Gasteiger partial charge in [0.15, 0.2) is 0 Å². The highest BCUT2D eigenvalue weighted by atomic mass is 16.2. The number of urea groups is 1. The van der Waals surface area contributed by atoms with Crippen molar-refractivity contribution in [1.82, 2.24) is 9.80 Å². The van der Waals surface area contributed by atoms with Gasteiger partial charge < -0.3 is 9.80 Å². The lowest BCUT2D eigenvalue weighted by atomic mass is 10.1. The van der Waals surface area contributed by atoms with E-state index in [1.165, 1.54) is 0 Å². The molecule has 90 valence electrons. The Balaban J connectivity index is 0.000000606. The van der Waals surface area contributed by atoms with Crippen molar-refractivity contribution in [2.75, 3.05) is 26.2 Å². The quantitative estimate of drug-likeness (QED) is 0.587. The van der Waals surface area contributed by atoms with Gasteiger partial charge in [-0.05, 0) is 12.8 Å². The van der Waals surface area contributed by atoms with Gasteiger partial charge in [0.2, 0.25) is 0 Å². The molecule has 4 heteroatoms. The van der Waals surface area contributed by atoms with Gasteiger partial charge in [-0.15, -0.1) is 13.2 Å². The van der Waals surface area contributed by atoms with Crippen LogP contribution in [0.2, 0.25) is 0 Å². The standard InChI is InChI=1S/C10H16N2O2.C2H4/c13-9-3-7-12(8-4-9)10(14)11-5-1-2-6-11;1-2/h1-8H2;1-2H2. The van der Waals surface area contributed by atoms with E-state index in [2.05, 4.69) is 13.2 Å². The molecule has 4 nitrogen and oxygen atoms in total. The van der Waals surface area contributed by atoms with Gasteiger partial charge in [0, 0.05) is 39.0 Å². The smallest absolute Gasteiger partial charge is 0.320 e.